The van der Waals surface area contributed by atoms with Gasteiger partial charge in [-0.05, 0) is 38.3 Å². The molecule has 0 spiro atoms. The summed E-state index contributed by atoms with van der Waals surface area (Å²) in [6, 6.07) is 5.74. The van der Waals surface area contributed by atoms with Crippen molar-refractivity contribution in [2.45, 2.75) is 45.8 Å². The van der Waals surface area contributed by atoms with Gasteiger partial charge in [0.2, 0.25) is 0 Å². The standard InChI is InChI=1S/C14H21NO3/c1-4-12(14(16)17)18-13-6-5-9(2)7-11(13)8-10(3)15/h5-7,10,12H,4,8,15H2,1-3H3,(H,16,17). The van der Waals surface area contributed by atoms with E-state index in [4.69, 9.17) is 15.6 Å². The minimum absolute atomic E-state index is 0.0130. The summed E-state index contributed by atoms with van der Waals surface area (Å²) in [5.74, 6) is -0.322. The number of hydrogen-bond acceptors (Lipinski definition) is 3. The number of rotatable bonds is 6. The molecule has 1 aromatic rings. The van der Waals surface area contributed by atoms with E-state index in [1.165, 1.54) is 0 Å². The fraction of sp³-hybridized carbons (Fsp3) is 0.500. The van der Waals surface area contributed by atoms with Gasteiger partial charge in [0, 0.05) is 6.04 Å². The summed E-state index contributed by atoms with van der Waals surface area (Å²) in [6.07, 6.45) is 0.299. The molecular formula is C14H21NO3. The maximum absolute atomic E-state index is 11.0. The molecule has 0 saturated carbocycles. The third-order valence-electron chi connectivity index (χ3n) is 2.67. The number of nitrogens with two attached hydrogens (primary N) is 1. The van der Waals surface area contributed by atoms with E-state index in [1.54, 1.807) is 6.92 Å². The molecule has 0 radical (unpaired) electrons. The van der Waals surface area contributed by atoms with Crippen LogP contribution in [0.5, 0.6) is 5.75 Å². The number of aryl methyl sites for hydroxylation is 1. The number of hydrogen-bond donors (Lipinski definition) is 2. The van der Waals surface area contributed by atoms with Crippen LogP contribution in [0.3, 0.4) is 0 Å². The van der Waals surface area contributed by atoms with Crippen LogP contribution in [0.1, 0.15) is 31.4 Å². The molecule has 0 aliphatic rings. The largest absolute Gasteiger partial charge is 0.479 e. The number of benzene rings is 1. The Kier molecular flexibility index (Phi) is 5.16. The first-order chi connectivity index (χ1) is 8.43. The first kappa shape index (κ1) is 14.5. The molecule has 18 heavy (non-hydrogen) atoms. The minimum atomic E-state index is -0.940. The second-order valence-electron chi connectivity index (χ2n) is 4.65. The van der Waals surface area contributed by atoms with Crippen molar-refractivity contribution in [1.29, 1.82) is 0 Å². The highest BCUT2D eigenvalue weighted by atomic mass is 16.5. The molecule has 2 unspecified atom stereocenters. The Hall–Kier alpha value is -1.55. The lowest BCUT2D eigenvalue weighted by Gasteiger charge is -2.17. The van der Waals surface area contributed by atoms with Crippen LogP contribution >= 0.6 is 0 Å². The van der Waals surface area contributed by atoms with Crippen molar-refractivity contribution >= 4 is 5.97 Å². The van der Waals surface area contributed by atoms with Crippen LogP contribution in [-0.4, -0.2) is 23.2 Å². The third kappa shape index (κ3) is 4.04. The highest BCUT2D eigenvalue weighted by Crippen LogP contribution is 2.23. The van der Waals surface area contributed by atoms with Crippen LogP contribution in [0, 0.1) is 6.92 Å². The topological polar surface area (TPSA) is 72.5 Å². The molecule has 0 aliphatic heterocycles. The molecule has 0 heterocycles. The Morgan fingerprint density at radius 1 is 1.50 bits per heavy atom. The SMILES string of the molecule is CCC(Oc1ccc(C)cc1CC(C)N)C(=O)O. The van der Waals surface area contributed by atoms with Gasteiger partial charge in [0.05, 0.1) is 0 Å². The quantitative estimate of drug-likeness (QED) is 0.812. The highest BCUT2D eigenvalue weighted by Gasteiger charge is 2.18. The Balaban J connectivity index is 2.96. The van der Waals surface area contributed by atoms with Crippen molar-refractivity contribution in [3.05, 3.63) is 29.3 Å². The Morgan fingerprint density at radius 2 is 2.17 bits per heavy atom. The van der Waals surface area contributed by atoms with Crippen LogP contribution in [0.15, 0.2) is 18.2 Å². The van der Waals surface area contributed by atoms with E-state index in [0.717, 1.165) is 11.1 Å². The summed E-state index contributed by atoms with van der Waals surface area (Å²) in [5, 5.41) is 9.01. The average molecular weight is 251 g/mol. The van der Waals surface area contributed by atoms with E-state index in [2.05, 4.69) is 0 Å². The molecule has 0 fully saturated rings. The number of aliphatic carboxylic acids is 1. The van der Waals surface area contributed by atoms with Crippen LogP contribution in [-0.2, 0) is 11.2 Å². The number of ether oxygens (including phenoxy) is 1. The van der Waals surface area contributed by atoms with Gasteiger partial charge in [0.1, 0.15) is 5.75 Å². The molecule has 100 valence electrons. The first-order valence-electron chi connectivity index (χ1n) is 6.18. The van der Waals surface area contributed by atoms with Gasteiger partial charge >= 0.3 is 5.97 Å². The van der Waals surface area contributed by atoms with Gasteiger partial charge in [0.25, 0.3) is 0 Å². The van der Waals surface area contributed by atoms with Gasteiger partial charge < -0.3 is 15.6 Å². The van der Waals surface area contributed by atoms with Gasteiger partial charge in [-0.15, -0.1) is 0 Å². The summed E-state index contributed by atoms with van der Waals surface area (Å²) in [6.45, 7) is 5.70. The lowest BCUT2D eigenvalue weighted by Crippen LogP contribution is -2.27. The fourth-order valence-corrected chi connectivity index (χ4v) is 1.79. The second kappa shape index (κ2) is 6.40. The molecule has 0 amide bonds. The van der Waals surface area contributed by atoms with Crippen LogP contribution < -0.4 is 10.5 Å². The second-order valence-corrected chi connectivity index (χ2v) is 4.65. The van der Waals surface area contributed by atoms with Crippen molar-refractivity contribution in [2.75, 3.05) is 0 Å². The first-order valence-corrected chi connectivity index (χ1v) is 6.18. The maximum atomic E-state index is 11.0. The van der Waals surface area contributed by atoms with Crippen molar-refractivity contribution in [1.82, 2.24) is 0 Å². The van der Waals surface area contributed by atoms with Crippen molar-refractivity contribution < 1.29 is 14.6 Å². The lowest BCUT2D eigenvalue weighted by atomic mass is 10.0. The number of carbonyl (C=O) groups is 1. The van der Waals surface area contributed by atoms with E-state index in [9.17, 15) is 4.79 Å². The zero-order chi connectivity index (χ0) is 13.7. The average Bonchev–Trinajstić information content (AvgIpc) is 2.26. The smallest absolute Gasteiger partial charge is 0.344 e. The molecule has 1 rings (SSSR count). The Labute approximate surface area is 108 Å². The van der Waals surface area contributed by atoms with Crippen LogP contribution in [0.4, 0.5) is 0 Å². The zero-order valence-corrected chi connectivity index (χ0v) is 11.1. The van der Waals surface area contributed by atoms with Gasteiger partial charge in [-0.3, -0.25) is 0 Å². The van der Waals surface area contributed by atoms with Crippen molar-refractivity contribution in [2.24, 2.45) is 5.73 Å². The van der Waals surface area contributed by atoms with Gasteiger partial charge in [-0.25, -0.2) is 4.79 Å². The summed E-state index contributed by atoms with van der Waals surface area (Å²) in [5.41, 5.74) is 7.87. The lowest BCUT2D eigenvalue weighted by molar-refractivity contribution is -0.145. The maximum Gasteiger partial charge on any atom is 0.344 e. The third-order valence-corrected chi connectivity index (χ3v) is 2.67. The van der Waals surface area contributed by atoms with Crippen LogP contribution in [0.2, 0.25) is 0 Å². The summed E-state index contributed by atoms with van der Waals surface area (Å²) in [7, 11) is 0. The fourth-order valence-electron chi connectivity index (χ4n) is 1.79. The van der Waals surface area contributed by atoms with Crippen LogP contribution in [0.25, 0.3) is 0 Å². The number of carboxylic acid groups (broad SMARTS) is 1. The van der Waals surface area contributed by atoms with E-state index < -0.39 is 12.1 Å². The summed E-state index contributed by atoms with van der Waals surface area (Å²) < 4.78 is 5.56. The number of carboxylic acids is 1. The molecule has 4 nitrogen and oxygen atoms in total. The van der Waals surface area contributed by atoms with Gasteiger partial charge in [-0.2, -0.15) is 0 Å². The monoisotopic (exact) mass is 251 g/mol. The molecular weight excluding hydrogens is 230 g/mol. The van der Waals surface area contributed by atoms with Gasteiger partial charge in [-0.1, -0.05) is 24.6 Å². The predicted molar refractivity (Wildman–Crippen MR) is 70.9 cm³/mol. The minimum Gasteiger partial charge on any atom is -0.479 e. The summed E-state index contributed by atoms with van der Waals surface area (Å²) >= 11 is 0. The zero-order valence-electron chi connectivity index (χ0n) is 11.1. The Morgan fingerprint density at radius 3 is 2.67 bits per heavy atom. The van der Waals surface area contributed by atoms with E-state index in [1.807, 2.05) is 32.0 Å². The summed E-state index contributed by atoms with van der Waals surface area (Å²) in [4.78, 5) is 11.0. The Bertz CT molecular complexity index is 416. The molecule has 3 N–H and O–H groups in total. The predicted octanol–water partition coefficient (Wildman–Crippen LogP) is 2.13. The van der Waals surface area contributed by atoms with E-state index >= 15 is 0 Å². The molecule has 0 saturated heterocycles. The van der Waals surface area contributed by atoms with Crippen molar-refractivity contribution in [3.8, 4) is 5.75 Å². The van der Waals surface area contributed by atoms with Gasteiger partial charge in [0.15, 0.2) is 6.10 Å². The normalized spacial score (nSPS) is 14.0. The molecule has 0 aliphatic carbocycles. The van der Waals surface area contributed by atoms with E-state index in [-0.39, 0.29) is 6.04 Å². The molecule has 0 aromatic heterocycles. The van der Waals surface area contributed by atoms with E-state index in [0.29, 0.717) is 18.6 Å². The molecule has 4 heteroatoms. The van der Waals surface area contributed by atoms with Crippen molar-refractivity contribution in [3.63, 3.8) is 0 Å². The highest BCUT2D eigenvalue weighted by molar-refractivity contribution is 5.72. The molecule has 2 atom stereocenters. The molecule has 1 aromatic carbocycles. The molecule has 0 bridgehead atoms.